The van der Waals surface area contributed by atoms with Crippen LogP contribution in [0.3, 0.4) is 0 Å². The van der Waals surface area contributed by atoms with E-state index in [1.54, 1.807) is 0 Å². The zero-order valence-electron chi connectivity index (χ0n) is 15.8. The highest BCUT2D eigenvalue weighted by molar-refractivity contribution is 5.68. The van der Waals surface area contributed by atoms with Crippen molar-refractivity contribution in [3.63, 3.8) is 0 Å². The molecule has 0 radical (unpaired) electrons. The summed E-state index contributed by atoms with van der Waals surface area (Å²) in [5, 5.41) is 3.89. The van der Waals surface area contributed by atoms with Gasteiger partial charge >= 0.3 is 6.09 Å². The molecule has 2 aliphatic rings. The maximum atomic E-state index is 12.3. The van der Waals surface area contributed by atoms with E-state index in [9.17, 15) is 4.79 Å². The fraction of sp³-hybridized carbons (Fsp3) is 0.947. The summed E-state index contributed by atoms with van der Waals surface area (Å²) >= 11 is 0. The van der Waals surface area contributed by atoms with Gasteiger partial charge in [-0.25, -0.2) is 4.79 Å². The van der Waals surface area contributed by atoms with Crippen molar-refractivity contribution in [1.82, 2.24) is 10.2 Å². The monoisotopic (exact) mass is 324 g/mol. The summed E-state index contributed by atoms with van der Waals surface area (Å²) < 4.78 is 5.54. The van der Waals surface area contributed by atoms with Gasteiger partial charge in [0.2, 0.25) is 0 Å². The molecular formula is C19H36N2O2. The van der Waals surface area contributed by atoms with E-state index < -0.39 is 5.60 Å². The molecule has 0 bridgehead atoms. The van der Waals surface area contributed by atoms with E-state index >= 15 is 0 Å². The Morgan fingerprint density at radius 3 is 2.17 bits per heavy atom. The van der Waals surface area contributed by atoms with Crippen LogP contribution < -0.4 is 5.32 Å². The van der Waals surface area contributed by atoms with Gasteiger partial charge in [-0.05, 0) is 52.4 Å². The molecule has 1 heterocycles. The lowest BCUT2D eigenvalue weighted by Crippen LogP contribution is -2.60. The minimum Gasteiger partial charge on any atom is -0.444 e. The number of amides is 1. The number of nitrogens with one attached hydrogen (secondary N) is 1. The molecule has 0 aromatic rings. The molecule has 1 N–H and O–H groups in total. The number of piperidine rings is 1. The third-order valence-electron chi connectivity index (χ3n) is 5.27. The van der Waals surface area contributed by atoms with Crippen LogP contribution in [0.25, 0.3) is 0 Å². The third-order valence-corrected chi connectivity index (χ3v) is 5.27. The van der Waals surface area contributed by atoms with E-state index in [0.29, 0.717) is 6.04 Å². The van der Waals surface area contributed by atoms with Gasteiger partial charge < -0.3 is 15.0 Å². The summed E-state index contributed by atoms with van der Waals surface area (Å²) in [6.45, 7) is 11.9. The Balaban J connectivity index is 2.00. The van der Waals surface area contributed by atoms with Gasteiger partial charge in [0.1, 0.15) is 5.60 Å². The van der Waals surface area contributed by atoms with E-state index in [4.69, 9.17) is 4.74 Å². The van der Waals surface area contributed by atoms with Gasteiger partial charge in [-0.2, -0.15) is 0 Å². The molecule has 2 rings (SSSR count). The lowest BCUT2D eigenvalue weighted by Gasteiger charge is -2.49. The van der Waals surface area contributed by atoms with Crippen LogP contribution in [0.1, 0.15) is 79.6 Å². The first-order valence-corrected chi connectivity index (χ1v) is 9.47. The second-order valence-corrected chi connectivity index (χ2v) is 8.76. The Morgan fingerprint density at radius 2 is 1.70 bits per heavy atom. The standard InChI is InChI=1S/C19H36N2O2/c1-15(2)20-19(16-9-7-6-8-10-16)11-13-21(14-12-19)17(22)23-18(3,4)5/h15-16,20H,6-14H2,1-5H3. The number of rotatable bonds is 3. The lowest BCUT2D eigenvalue weighted by molar-refractivity contribution is 0.00541. The van der Waals surface area contributed by atoms with E-state index in [1.807, 2.05) is 25.7 Å². The maximum absolute atomic E-state index is 12.3. The van der Waals surface area contributed by atoms with Crippen molar-refractivity contribution in [1.29, 1.82) is 0 Å². The van der Waals surface area contributed by atoms with Gasteiger partial charge in [-0.15, -0.1) is 0 Å². The molecule has 0 aromatic carbocycles. The second-order valence-electron chi connectivity index (χ2n) is 8.76. The van der Waals surface area contributed by atoms with Crippen LogP contribution in [0.4, 0.5) is 4.79 Å². The number of likely N-dealkylation sites (tertiary alicyclic amines) is 1. The molecule has 4 heteroatoms. The highest BCUT2D eigenvalue weighted by Crippen LogP contribution is 2.39. The summed E-state index contributed by atoms with van der Waals surface area (Å²) in [6, 6.07) is 0.491. The molecule has 23 heavy (non-hydrogen) atoms. The molecule has 1 saturated carbocycles. The van der Waals surface area contributed by atoms with E-state index in [0.717, 1.165) is 31.8 Å². The number of hydrogen-bond donors (Lipinski definition) is 1. The predicted molar refractivity (Wildman–Crippen MR) is 94.6 cm³/mol. The Kier molecular flexibility index (Phi) is 5.99. The number of carbonyl (C=O) groups excluding carboxylic acids is 1. The van der Waals surface area contributed by atoms with Crippen molar-refractivity contribution in [2.75, 3.05) is 13.1 Å². The van der Waals surface area contributed by atoms with Crippen molar-refractivity contribution in [2.45, 2.75) is 96.7 Å². The molecule has 0 spiro atoms. The zero-order valence-corrected chi connectivity index (χ0v) is 15.8. The number of hydrogen-bond acceptors (Lipinski definition) is 3. The van der Waals surface area contributed by atoms with Crippen LogP contribution in [0.5, 0.6) is 0 Å². The van der Waals surface area contributed by atoms with Crippen LogP contribution in [0.2, 0.25) is 0 Å². The molecule has 2 fully saturated rings. The van der Waals surface area contributed by atoms with E-state index in [2.05, 4.69) is 19.2 Å². The number of carbonyl (C=O) groups is 1. The molecule has 0 atom stereocenters. The average Bonchev–Trinajstić information content (AvgIpc) is 2.46. The van der Waals surface area contributed by atoms with Crippen LogP contribution in [0, 0.1) is 5.92 Å². The van der Waals surface area contributed by atoms with Gasteiger partial charge in [-0.3, -0.25) is 0 Å². The second kappa shape index (κ2) is 7.42. The first kappa shape index (κ1) is 18.6. The van der Waals surface area contributed by atoms with Crippen LogP contribution in [-0.2, 0) is 4.74 Å². The lowest BCUT2D eigenvalue weighted by atomic mass is 9.69. The molecule has 1 saturated heterocycles. The van der Waals surface area contributed by atoms with Crippen molar-refractivity contribution >= 4 is 6.09 Å². The Hall–Kier alpha value is -0.770. The molecular weight excluding hydrogens is 288 g/mol. The van der Waals surface area contributed by atoms with Crippen LogP contribution in [0.15, 0.2) is 0 Å². The van der Waals surface area contributed by atoms with E-state index in [1.165, 1.54) is 32.1 Å². The summed E-state index contributed by atoms with van der Waals surface area (Å²) in [6.07, 6.45) is 8.74. The Morgan fingerprint density at radius 1 is 1.13 bits per heavy atom. The Labute approximate surface area is 142 Å². The zero-order chi connectivity index (χ0) is 17.1. The normalized spacial score (nSPS) is 23.1. The first-order chi connectivity index (χ1) is 10.7. The van der Waals surface area contributed by atoms with Gasteiger partial charge in [0.15, 0.2) is 0 Å². The molecule has 0 unspecified atom stereocenters. The summed E-state index contributed by atoms with van der Waals surface area (Å²) in [4.78, 5) is 14.2. The Bertz CT molecular complexity index is 387. The fourth-order valence-electron chi connectivity index (χ4n) is 4.32. The SMILES string of the molecule is CC(C)NC1(C2CCCCC2)CCN(C(=O)OC(C)(C)C)CC1. The average molecular weight is 325 g/mol. The molecule has 4 nitrogen and oxygen atoms in total. The highest BCUT2D eigenvalue weighted by Gasteiger charge is 2.43. The highest BCUT2D eigenvalue weighted by atomic mass is 16.6. The first-order valence-electron chi connectivity index (χ1n) is 9.47. The summed E-state index contributed by atoms with van der Waals surface area (Å²) in [7, 11) is 0. The van der Waals surface area contributed by atoms with Crippen molar-refractivity contribution in [2.24, 2.45) is 5.92 Å². The van der Waals surface area contributed by atoms with Gasteiger partial charge in [-0.1, -0.05) is 33.1 Å². The summed E-state index contributed by atoms with van der Waals surface area (Å²) in [5.41, 5.74) is -0.196. The minimum absolute atomic E-state index is 0.153. The molecule has 1 amide bonds. The molecule has 1 aliphatic heterocycles. The summed E-state index contributed by atoms with van der Waals surface area (Å²) in [5.74, 6) is 0.763. The maximum Gasteiger partial charge on any atom is 0.410 e. The number of nitrogens with zero attached hydrogens (tertiary/aromatic N) is 1. The topological polar surface area (TPSA) is 41.6 Å². The van der Waals surface area contributed by atoms with Crippen LogP contribution in [-0.4, -0.2) is 41.3 Å². The minimum atomic E-state index is -0.412. The van der Waals surface area contributed by atoms with Gasteiger partial charge in [0.05, 0.1) is 0 Å². The molecule has 0 aromatic heterocycles. The van der Waals surface area contributed by atoms with Crippen molar-refractivity contribution in [3.8, 4) is 0 Å². The number of ether oxygens (including phenoxy) is 1. The van der Waals surface area contributed by atoms with Gasteiger partial charge in [0.25, 0.3) is 0 Å². The van der Waals surface area contributed by atoms with Crippen molar-refractivity contribution in [3.05, 3.63) is 0 Å². The molecule has 134 valence electrons. The van der Waals surface area contributed by atoms with Gasteiger partial charge in [0, 0.05) is 24.7 Å². The quantitative estimate of drug-likeness (QED) is 0.840. The third kappa shape index (κ3) is 5.10. The smallest absolute Gasteiger partial charge is 0.410 e. The fourth-order valence-corrected chi connectivity index (χ4v) is 4.32. The van der Waals surface area contributed by atoms with E-state index in [-0.39, 0.29) is 11.6 Å². The molecule has 1 aliphatic carbocycles. The van der Waals surface area contributed by atoms with Crippen LogP contribution >= 0.6 is 0 Å². The largest absolute Gasteiger partial charge is 0.444 e. The van der Waals surface area contributed by atoms with Crippen molar-refractivity contribution < 1.29 is 9.53 Å². The predicted octanol–water partition coefficient (Wildman–Crippen LogP) is 4.33.